The van der Waals surface area contributed by atoms with E-state index in [-0.39, 0.29) is 5.82 Å². The number of fused-ring (bicyclic) bond motifs is 4. The zero-order valence-electron chi connectivity index (χ0n) is 15.7. The van der Waals surface area contributed by atoms with E-state index in [1.165, 1.54) is 11.6 Å². The van der Waals surface area contributed by atoms with Gasteiger partial charge in [-0.1, -0.05) is 24.3 Å². The molecule has 0 saturated carbocycles. The minimum atomic E-state index is -0.309. The maximum absolute atomic E-state index is 14.1. The maximum atomic E-state index is 14.1. The number of para-hydroxylation sites is 1. The van der Waals surface area contributed by atoms with Crippen LogP contribution >= 0.6 is 0 Å². The Morgan fingerprint density at radius 2 is 1.93 bits per heavy atom. The van der Waals surface area contributed by atoms with Crippen molar-refractivity contribution in [2.45, 2.75) is 26.3 Å². The summed E-state index contributed by atoms with van der Waals surface area (Å²) in [6.07, 6.45) is 3.40. The lowest BCUT2D eigenvalue weighted by atomic mass is 10.1. The minimum Gasteiger partial charge on any atom is -0.496 e. The average Bonchev–Trinajstić information content (AvgIpc) is 3.24. The van der Waals surface area contributed by atoms with Gasteiger partial charge in [0.15, 0.2) is 0 Å². The summed E-state index contributed by atoms with van der Waals surface area (Å²) in [6.45, 7) is 2.65. The van der Waals surface area contributed by atoms with Crippen molar-refractivity contribution in [1.82, 2.24) is 19.5 Å². The number of aryl methyl sites for hydroxylation is 3. The third kappa shape index (κ3) is 2.64. The van der Waals surface area contributed by atoms with Crippen molar-refractivity contribution in [3.8, 4) is 17.1 Å². The van der Waals surface area contributed by atoms with Gasteiger partial charge >= 0.3 is 0 Å². The molecule has 0 bridgehead atoms. The van der Waals surface area contributed by atoms with Crippen LogP contribution in [0.2, 0.25) is 0 Å². The van der Waals surface area contributed by atoms with Gasteiger partial charge in [0.2, 0.25) is 0 Å². The van der Waals surface area contributed by atoms with E-state index in [1.54, 1.807) is 13.2 Å². The lowest BCUT2D eigenvalue weighted by Gasteiger charge is -2.06. The van der Waals surface area contributed by atoms with Gasteiger partial charge in [0.05, 0.1) is 19.3 Å². The molecule has 28 heavy (non-hydrogen) atoms. The Kier molecular flexibility index (Phi) is 3.86. The highest BCUT2D eigenvalue weighted by Crippen LogP contribution is 2.36. The van der Waals surface area contributed by atoms with E-state index in [1.807, 2.05) is 25.1 Å². The Morgan fingerprint density at radius 3 is 2.79 bits per heavy atom. The number of rotatable bonds is 4. The van der Waals surface area contributed by atoms with E-state index in [2.05, 4.69) is 26.8 Å². The van der Waals surface area contributed by atoms with E-state index in [0.717, 1.165) is 40.5 Å². The molecule has 2 aromatic heterocycles. The van der Waals surface area contributed by atoms with E-state index < -0.39 is 0 Å². The first-order valence-electron chi connectivity index (χ1n) is 9.28. The molecule has 0 amide bonds. The Hall–Kier alpha value is -3.28. The summed E-state index contributed by atoms with van der Waals surface area (Å²) in [5.74, 6) is 2.19. The smallest absolute Gasteiger partial charge is 0.149 e. The van der Waals surface area contributed by atoms with E-state index in [0.29, 0.717) is 24.2 Å². The molecule has 1 aliphatic rings. The number of hydrogen-bond donors (Lipinski definition) is 0. The van der Waals surface area contributed by atoms with Crippen LogP contribution in [0.3, 0.4) is 0 Å². The normalized spacial score (nSPS) is 12.2. The van der Waals surface area contributed by atoms with Crippen LogP contribution in [0.25, 0.3) is 22.3 Å². The third-order valence-electron chi connectivity index (χ3n) is 5.27. The fourth-order valence-corrected chi connectivity index (χ4v) is 3.91. The van der Waals surface area contributed by atoms with Crippen molar-refractivity contribution in [2.75, 3.05) is 7.11 Å². The van der Waals surface area contributed by atoms with Gasteiger partial charge in [-0.2, -0.15) is 0 Å². The largest absolute Gasteiger partial charge is 0.496 e. The van der Waals surface area contributed by atoms with Crippen molar-refractivity contribution in [3.05, 3.63) is 71.2 Å². The second-order valence-electron chi connectivity index (χ2n) is 7.03. The highest BCUT2D eigenvalue weighted by molar-refractivity contribution is 5.81. The summed E-state index contributed by atoms with van der Waals surface area (Å²) in [5.41, 5.74) is 4.46. The van der Waals surface area contributed by atoms with E-state index in [9.17, 15) is 4.39 Å². The van der Waals surface area contributed by atoms with Crippen LogP contribution in [-0.2, 0) is 19.4 Å². The van der Waals surface area contributed by atoms with Crippen molar-refractivity contribution >= 4 is 10.9 Å². The Bertz CT molecular complexity index is 1210. The second kappa shape index (κ2) is 6.41. The molecule has 5 rings (SSSR count). The second-order valence-corrected chi connectivity index (χ2v) is 7.03. The number of imidazole rings is 1. The number of hydrogen-bond acceptors (Lipinski definition) is 4. The van der Waals surface area contributed by atoms with E-state index in [4.69, 9.17) is 9.72 Å². The Balaban J connectivity index is 1.41. The van der Waals surface area contributed by atoms with Crippen molar-refractivity contribution in [3.63, 3.8) is 0 Å². The van der Waals surface area contributed by atoms with Crippen LogP contribution in [-0.4, -0.2) is 26.6 Å². The van der Waals surface area contributed by atoms with Gasteiger partial charge in [0, 0.05) is 34.8 Å². The molecule has 0 atom stereocenters. The van der Waals surface area contributed by atoms with Gasteiger partial charge in [-0.05, 0) is 25.5 Å². The monoisotopic (exact) mass is 374 g/mol. The van der Waals surface area contributed by atoms with Crippen LogP contribution in [0.5, 0.6) is 5.75 Å². The summed E-state index contributed by atoms with van der Waals surface area (Å²) in [4.78, 5) is 13.8. The average molecular weight is 374 g/mol. The van der Waals surface area contributed by atoms with Gasteiger partial charge in [0.25, 0.3) is 0 Å². The zero-order chi connectivity index (χ0) is 19.3. The summed E-state index contributed by atoms with van der Waals surface area (Å²) < 4.78 is 21.7. The van der Waals surface area contributed by atoms with E-state index >= 15 is 0 Å². The SMILES string of the molecule is COc1cccc2c1Cn1cc(CCc3nc(C)c4cccc(F)c4n3)nc1-2. The van der Waals surface area contributed by atoms with Crippen molar-refractivity contribution in [2.24, 2.45) is 0 Å². The van der Waals surface area contributed by atoms with Crippen molar-refractivity contribution < 1.29 is 9.13 Å². The number of nitrogens with zero attached hydrogens (tertiary/aromatic N) is 4. The predicted octanol–water partition coefficient (Wildman–Crippen LogP) is 4.10. The lowest BCUT2D eigenvalue weighted by molar-refractivity contribution is 0.410. The molecule has 2 aromatic carbocycles. The van der Waals surface area contributed by atoms with Gasteiger partial charge in [-0.25, -0.2) is 19.3 Å². The first kappa shape index (κ1) is 16.9. The topological polar surface area (TPSA) is 52.8 Å². The molecule has 3 heterocycles. The van der Waals surface area contributed by atoms with Crippen molar-refractivity contribution in [1.29, 1.82) is 0 Å². The molecule has 0 aliphatic carbocycles. The molecule has 1 aliphatic heterocycles. The molecular weight excluding hydrogens is 355 g/mol. The van der Waals surface area contributed by atoms with Crippen LogP contribution in [0.1, 0.15) is 22.8 Å². The lowest BCUT2D eigenvalue weighted by Crippen LogP contribution is -2.02. The van der Waals surface area contributed by atoms with Crippen LogP contribution < -0.4 is 4.74 Å². The summed E-state index contributed by atoms with van der Waals surface area (Å²) in [7, 11) is 1.69. The van der Waals surface area contributed by atoms with Gasteiger partial charge in [0.1, 0.15) is 28.7 Å². The maximum Gasteiger partial charge on any atom is 0.149 e. The molecule has 0 unspecified atom stereocenters. The minimum absolute atomic E-state index is 0.309. The first-order chi connectivity index (χ1) is 13.6. The fraction of sp³-hybridized carbons (Fsp3) is 0.227. The molecule has 0 radical (unpaired) electrons. The molecular formula is C22H19FN4O. The number of halogens is 1. The zero-order valence-corrected chi connectivity index (χ0v) is 15.7. The van der Waals surface area contributed by atoms with Crippen LogP contribution in [0.15, 0.2) is 42.6 Å². The molecule has 5 nitrogen and oxygen atoms in total. The summed E-state index contributed by atoms with van der Waals surface area (Å²) >= 11 is 0. The fourth-order valence-electron chi connectivity index (χ4n) is 3.91. The molecule has 0 N–H and O–H groups in total. The number of ether oxygens (including phenoxy) is 1. The standard InChI is InChI=1S/C22H19FN4O/c1-13-15-5-3-7-18(23)21(15)26-20(24-13)10-9-14-11-27-12-17-16(22(27)25-14)6-4-8-19(17)28-2/h3-8,11H,9-10,12H2,1-2H3. The predicted molar refractivity (Wildman–Crippen MR) is 105 cm³/mol. The Morgan fingerprint density at radius 1 is 1.07 bits per heavy atom. The van der Waals surface area contributed by atoms with Gasteiger partial charge in [-0.15, -0.1) is 0 Å². The molecule has 6 heteroatoms. The molecule has 0 spiro atoms. The first-order valence-corrected chi connectivity index (χ1v) is 9.28. The molecule has 0 saturated heterocycles. The number of aromatic nitrogens is 4. The molecule has 0 fully saturated rings. The molecule has 140 valence electrons. The molecule has 4 aromatic rings. The number of methoxy groups -OCH3 is 1. The third-order valence-corrected chi connectivity index (χ3v) is 5.27. The summed E-state index contributed by atoms with van der Waals surface area (Å²) in [5, 5.41) is 0.760. The van der Waals surface area contributed by atoms with Crippen LogP contribution in [0.4, 0.5) is 4.39 Å². The van der Waals surface area contributed by atoms with Gasteiger partial charge < -0.3 is 9.30 Å². The summed E-state index contributed by atoms with van der Waals surface area (Å²) in [6, 6.07) is 11.0. The highest BCUT2D eigenvalue weighted by Gasteiger charge is 2.23. The highest BCUT2D eigenvalue weighted by atomic mass is 19.1. The Labute approximate surface area is 161 Å². The quantitative estimate of drug-likeness (QED) is 0.475. The van der Waals surface area contributed by atoms with Crippen LogP contribution in [0, 0.1) is 12.7 Å². The number of benzene rings is 2. The van der Waals surface area contributed by atoms with Gasteiger partial charge in [-0.3, -0.25) is 0 Å².